The number of fused-ring (bicyclic) bond motifs is 1. The first kappa shape index (κ1) is 24.1. The van der Waals surface area contributed by atoms with Crippen molar-refractivity contribution in [3.8, 4) is 5.88 Å². The Balaban J connectivity index is 1.70. The van der Waals surface area contributed by atoms with Gasteiger partial charge in [0.05, 0.1) is 22.8 Å². The van der Waals surface area contributed by atoms with Crippen molar-refractivity contribution in [2.24, 2.45) is 5.73 Å². The standard InChI is InChI=1S/C23H17F6N5OS/c24-22(25,26)14-3-1-12(17(7-14)23(27,28)29)6-16(11-2-4-18-13(5-11)8-31-33-18)19-20(35)32-21(36-19)34-9-15(30)10-34/h1-8,15,35H,9-10,30H2,(H,31,33). The van der Waals surface area contributed by atoms with Gasteiger partial charge >= 0.3 is 12.4 Å². The van der Waals surface area contributed by atoms with Gasteiger partial charge in [0.15, 0.2) is 5.13 Å². The van der Waals surface area contributed by atoms with Crippen LogP contribution >= 0.6 is 11.3 Å². The molecule has 4 N–H and O–H groups in total. The lowest BCUT2D eigenvalue weighted by Crippen LogP contribution is -2.55. The van der Waals surface area contributed by atoms with Crippen LogP contribution in [0.1, 0.15) is 27.1 Å². The molecule has 0 aliphatic carbocycles. The van der Waals surface area contributed by atoms with E-state index in [2.05, 4.69) is 15.2 Å². The molecule has 0 unspecified atom stereocenters. The van der Waals surface area contributed by atoms with E-state index in [1.54, 1.807) is 18.2 Å². The number of halogens is 6. The smallest absolute Gasteiger partial charge is 0.417 e. The fraction of sp³-hybridized carbons (Fsp3) is 0.217. The van der Waals surface area contributed by atoms with E-state index in [9.17, 15) is 31.4 Å². The minimum Gasteiger partial charge on any atom is -0.492 e. The average molecular weight is 525 g/mol. The Morgan fingerprint density at radius 1 is 1.08 bits per heavy atom. The Bertz CT molecular complexity index is 1470. The van der Waals surface area contributed by atoms with Gasteiger partial charge in [0.25, 0.3) is 0 Å². The summed E-state index contributed by atoms with van der Waals surface area (Å²) in [6, 6.07) is 6.33. The van der Waals surface area contributed by atoms with Crippen LogP contribution in [0, 0.1) is 0 Å². The highest BCUT2D eigenvalue weighted by Crippen LogP contribution is 2.43. The van der Waals surface area contributed by atoms with Crippen LogP contribution in [-0.2, 0) is 12.4 Å². The fourth-order valence-electron chi connectivity index (χ4n) is 3.93. The second kappa shape index (κ2) is 8.52. The minimum absolute atomic E-state index is 0.0560. The minimum atomic E-state index is -5.05. The quantitative estimate of drug-likeness (QED) is 0.242. The molecule has 3 heterocycles. The van der Waals surface area contributed by atoms with Crippen LogP contribution in [0.25, 0.3) is 22.6 Å². The first-order valence-corrected chi connectivity index (χ1v) is 11.4. The third-order valence-electron chi connectivity index (χ3n) is 5.76. The molecule has 1 fully saturated rings. The van der Waals surface area contributed by atoms with Gasteiger partial charge in [-0.1, -0.05) is 23.5 Å². The molecule has 0 atom stereocenters. The van der Waals surface area contributed by atoms with Crippen molar-refractivity contribution < 1.29 is 31.4 Å². The number of rotatable bonds is 4. The monoisotopic (exact) mass is 525 g/mol. The number of benzene rings is 2. The normalized spacial score (nSPS) is 15.5. The van der Waals surface area contributed by atoms with Crippen molar-refractivity contribution >= 4 is 39.0 Å². The van der Waals surface area contributed by atoms with Crippen molar-refractivity contribution in [2.45, 2.75) is 18.4 Å². The Morgan fingerprint density at radius 2 is 1.83 bits per heavy atom. The first-order chi connectivity index (χ1) is 16.9. The largest absolute Gasteiger partial charge is 0.492 e. The van der Waals surface area contributed by atoms with Crippen LogP contribution in [0.4, 0.5) is 31.5 Å². The summed E-state index contributed by atoms with van der Waals surface area (Å²) in [6.07, 6.45) is -7.36. The number of aromatic amines is 1. The molecule has 6 nitrogen and oxygen atoms in total. The molecule has 2 aromatic heterocycles. The third kappa shape index (κ3) is 4.51. The predicted octanol–water partition coefficient (Wildman–Crippen LogP) is 5.50. The van der Waals surface area contributed by atoms with Crippen molar-refractivity contribution in [3.05, 3.63) is 69.7 Å². The zero-order valence-corrected chi connectivity index (χ0v) is 19.0. The Morgan fingerprint density at radius 3 is 2.50 bits per heavy atom. The van der Waals surface area contributed by atoms with Gasteiger partial charge in [-0.2, -0.15) is 36.4 Å². The van der Waals surface area contributed by atoms with Gasteiger partial charge in [-0.3, -0.25) is 5.10 Å². The van der Waals surface area contributed by atoms with E-state index in [1.165, 1.54) is 6.20 Å². The number of nitrogens with two attached hydrogens (primary N) is 1. The molecule has 1 aliphatic heterocycles. The number of thiazole rings is 1. The molecule has 5 rings (SSSR count). The first-order valence-electron chi connectivity index (χ1n) is 10.5. The molecule has 188 valence electrons. The van der Waals surface area contributed by atoms with E-state index in [0.29, 0.717) is 40.8 Å². The number of hydrogen-bond donors (Lipinski definition) is 3. The lowest BCUT2D eigenvalue weighted by Gasteiger charge is -2.36. The Hall–Kier alpha value is -3.58. The summed E-state index contributed by atoms with van der Waals surface area (Å²) >= 11 is 1.05. The molecule has 36 heavy (non-hydrogen) atoms. The van der Waals surface area contributed by atoms with E-state index in [-0.39, 0.29) is 22.6 Å². The molecule has 0 saturated carbocycles. The number of hydrogen-bond acceptors (Lipinski definition) is 6. The summed E-state index contributed by atoms with van der Waals surface area (Å²) < 4.78 is 80.9. The summed E-state index contributed by atoms with van der Waals surface area (Å²) in [5.41, 5.74) is 3.72. The highest BCUT2D eigenvalue weighted by Gasteiger charge is 2.38. The molecular formula is C23H17F6N5OS. The maximum atomic E-state index is 13.8. The van der Waals surface area contributed by atoms with E-state index in [0.717, 1.165) is 23.5 Å². The van der Waals surface area contributed by atoms with Gasteiger partial charge in [0.2, 0.25) is 5.88 Å². The van der Waals surface area contributed by atoms with Gasteiger partial charge in [-0.25, -0.2) is 0 Å². The van der Waals surface area contributed by atoms with Gasteiger partial charge in [-0.05, 0) is 41.5 Å². The number of aromatic hydroxyl groups is 1. The van der Waals surface area contributed by atoms with Gasteiger partial charge in [0, 0.05) is 30.1 Å². The van der Waals surface area contributed by atoms with Crippen LogP contribution < -0.4 is 10.6 Å². The molecular weight excluding hydrogens is 508 g/mol. The van der Waals surface area contributed by atoms with Gasteiger partial charge in [0.1, 0.15) is 4.88 Å². The van der Waals surface area contributed by atoms with Crippen molar-refractivity contribution in [1.82, 2.24) is 15.2 Å². The maximum Gasteiger partial charge on any atom is 0.417 e. The second-order valence-corrected chi connectivity index (χ2v) is 9.32. The number of nitrogens with one attached hydrogen (secondary N) is 1. The molecule has 0 radical (unpaired) electrons. The highest BCUT2D eigenvalue weighted by molar-refractivity contribution is 7.17. The van der Waals surface area contributed by atoms with Crippen LogP contribution in [-0.4, -0.2) is 39.4 Å². The SMILES string of the molecule is NC1CN(c2nc(O)c(C(=Cc3ccc(C(F)(F)F)cc3C(F)(F)F)c3ccc4[nH]ncc4c3)s2)C1. The zero-order chi connectivity index (χ0) is 25.8. The molecule has 1 saturated heterocycles. The van der Waals surface area contributed by atoms with Crippen LogP contribution in [0.15, 0.2) is 42.6 Å². The van der Waals surface area contributed by atoms with E-state index >= 15 is 0 Å². The summed E-state index contributed by atoms with van der Waals surface area (Å²) in [6.45, 7) is 1.01. The number of alkyl halides is 6. The summed E-state index contributed by atoms with van der Waals surface area (Å²) in [5.74, 6) is -0.408. The van der Waals surface area contributed by atoms with Crippen molar-refractivity contribution in [3.63, 3.8) is 0 Å². The van der Waals surface area contributed by atoms with Crippen molar-refractivity contribution in [2.75, 3.05) is 18.0 Å². The summed E-state index contributed by atoms with van der Waals surface area (Å²) in [4.78, 5) is 6.12. The van der Waals surface area contributed by atoms with Gasteiger partial charge in [-0.15, -0.1) is 0 Å². The van der Waals surface area contributed by atoms with Gasteiger partial charge < -0.3 is 15.7 Å². The van der Waals surface area contributed by atoms with Crippen LogP contribution in [0.5, 0.6) is 5.88 Å². The number of nitrogens with zero attached hydrogens (tertiary/aromatic N) is 3. The summed E-state index contributed by atoms with van der Waals surface area (Å²) in [5, 5.41) is 18.4. The molecule has 0 bridgehead atoms. The second-order valence-electron chi connectivity index (χ2n) is 8.34. The number of anilines is 1. The number of aromatic nitrogens is 3. The van der Waals surface area contributed by atoms with E-state index in [1.807, 2.05) is 4.90 Å². The lowest BCUT2D eigenvalue weighted by atomic mass is 9.96. The number of H-pyrrole nitrogens is 1. The van der Waals surface area contributed by atoms with Crippen molar-refractivity contribution in [1.29, 1.82) is 0 Å². The molecule has 4 aromatic rings. The van der Waals surface area contributed by atoms with E-state index in [4.69, 9.17) is 5.73 Å². The molecule has 0 spiro atoms. The molecule has 13 heteroatoms. The molecule has 1 aliphatic rings. The Kier molecular flexibility index (Phi) is 5.71. The zero-order valence-electron chi connectivity index (χ0n) is 18.2. The third-order valence-corrected chi connectivity index (χ3v) is 6.90. The summed E-state index contributed by atoms with van der Waals surface area (Å²) in [7, 11) is 0. The maximum absolute atomic E-state index is 13.8. The topological polar surface area (TPSA) is 91.1 Å². The molecule has 2 aromatic carbocycles. The Labute approximate surface area is 203 Å². The fourth-order valence-corrected chi connectivity index (χ4v) is 4.95. The predicted molar refractivity (Wildman–Crippen MR) is 123 cm³/mol. The average Bonchev–Trinajstić information content (AvgIpc) is 3.39. The highest BCUT2D eigenvalue weighted by atomic mass is 32.1. The molecule has 0 amide bonds. The lowest BCUT2D eigenvalue weighted by molar-refractivity contribution is -0.143. The van der Waals surface area contributed by atoms with E-state index < -0.39 is 34.9 Å². The van der Waals surface area contributed by atoms with Crippen LogP contribution in [0.2, 0.25) is 0 Å². The van der Waals surface area contributed by atoms with Crippen LogP contribution in [0.3, 0.4) is 0 Å².